The van der Waals surface area contributed by atoms with Gasteiger partial charge >= 0.3 is 0 Å². The van der Waals surface area contributed by atoms with Crippen molar-refractivity contribution in [1.82, 2.24) is 4.98 Å². The van der Waals surface area contributed by atoms with Crippen molar-refractivity contribution in [3.05, 3.63) is 23.2 Å². The van der Waals surface area contributed by atoms with E-state index in [0.29, 0.717) is 18.3 Å². The number of ether oxygens (including phenoxy) is 1. The second-order valence-corrected chi connectivity index (χ2v) is 3.51. The van der Waals surface area contributed by atoms with Crippen LogP contribution in [0.4, 0.5) is 4.39 Å². The third kappa shape index (κ3) is 3.19. The average Bonchev–Trinajstić information content (AvgIpc) is 2.07. The monoisotopic (exact) mass is 203 g/mol. The average molecular weight is 204 g/mol. The Bertz CT molecular complexity index is 291. The summed E-state index contributed by atoms with van der Waals surface area (Å²) in [5, 5.41) is -0.128. The maximum atomic E-state index is 12.8. The fourth-order valence-corrected chi connectivity index (χ4v) is 0.849. The predicted molar refractivity (Wildman–Crippen MR) is 49.5 cm³/mol. The minimum Gasteiger partial charge on any atom is -0.492 e. The zero-order valence-corrected chi connectivity index (χ0v) is 8.31. The van der Waals surface area contributed by atoms with Gasteiger partial charge in [0, 0.05) is 6.07 Å². The fraction of sp³-hybridized carbons (Fsp3) is 0.444. The molecule has 1 aromatic rings. The molecule has 0 aliphatic rings. The van der Waals surface area contributed by atoms with E-state index in [4.69, 9.17) is 16.3 Å². The van der Waals surface area contributed by atoms with E-state index in [1.807, 2.05) is 13.8 Å². The summed E-state index contributed by atoms with van der Waals surface area (Å²) < 4.78 is 18.1. The summed E-state index contributed by atoms with van der Waals surface area (Å²) in [5.74, 6) is 0.261. The third-order valence-electron chi connectivity index (χ3n) is 1.35. The molecule has 0 unspecified atom stereocenters. The van der Waals surface area contributed by atoms with Gasteiger partial charge in [-0.05, 0) is 5.92 Å². The first-order chi connectivity index (χ1) is 6.09. The van der Waals surface area contributed by atoms with Gasteiger partial charge in [-0.3, -0.25) is 0 Å². The van der Waals surface area contributed by atoms with Gasteiger partial charge in [-0.25, -0.2) is 9.37 Å². The van der Waals surface area contributed by atoms with E-state index in [9.17, 15) is 4.39 Å². The number of hydrogen-bond donors (Lipinski definition) is 0. The van der Waals surface area contributed by atoms with Crippen LogP contribution in [0.5, 0.6) is 5.75 Å². The number of rotatable bonds is 3. The Labute approximate surface area is 81.7 Å². The van der Waals surface area contributed by atoms with Crippen LogP contribution in [0.25, 0.3) is 0 Å². The van der Waals surface area contributed by atoms with Crippen LogP contribution in [0.3, 0.4) is 0 Å². The number of aromatic nitrogens is 1. The van der Waals surface area contributed by atoms with Crippen LogP contribution in [0.1, 0.15) is 13.8 Å². The largest absolute Gasteiger partial charge is 0.492 e. The summed E-state index contributed by atoms with van der Waals surface area (Å²) in [7, 11) is 0. The van der Waals surface area contributed by atoms with Gasteiger partial charge in [-0.1, -0.05) is 25.4 Å². The molecule has 13 heavy (non-hydrogen) atoms. The van der Waals surface area contributed by atoms with E-state index in [1.54, 1.807) is 0 Å². The van der Waals surface area contributed by atoms with Gasteiger partial charge in [-0.2, -0.15) is 0 Å². The van der Waals surface area contributed by atoms with Crippen molar-refractivity contribution in [2.45, 2.75) is 13.8 Å². The molecule has 1 aromatic heterocycles. The number of hydrogen-bond acceptors (Lipinski definition) is 2. The lowest BCUT2D eigenvalue weighted by atomic mass is 10.2. The lowest BCUT2D eigenvalue weighted by Crippen LogP contribution is -2.04. The molecule has 0 radical (unpaired) electrons. The van der Waals surface area contributed by atoms with Crippen LogP contribution in [0, 0.1) is 11.7 Å². The van der Waals surface area contributed by atoms with E-state index in [2.05, 4.69) is 4.98 Å². The molecule has 4 heteroatoms. The van der Waals surface area contributed by atoms with E-state index in [-0.39, 0.29) is 5.15 Å². The van der Waals surface area contributed by atoms with Crippen molar-refractivity contribution in [2.75, 3.05) is 6.61 Å². The summed E-state index contributed by atoms with van der Waals surface area (Å²) in [6.07, 6.45) is 1.41. The fourth-order valence-electron chi connectivity index (χ4n) is 0.746. The number of halogens is 2. The zero-order valence-electron chi connectivity index (χ0n) is 7.55. The molecule has 0 N–H and O–H groups in total. The summed E-state index contributed by atoms with van der Waals surface area (Å²) in [6, 6.07) is 1.23. The Morgan fingerprint density at radius 1 is 1.62 bits per heavy atom. The van der Waals surface area contributed by atoms with Crippen LogP contribution in [0.2, 0.25) is 5.15 Å². The van der Waals surface area contributed by atoms with E-state index < -0.39 is 5.82 Å². The van der Waals surface area contributed by atoms with Crippen molar-refractivity contribution >= 4 is 11.6 Å². The lowest BCUT2D eigenvalue weighted by molar-refractivity contribution is 0.269. The minimum atomic E-state index is -0.553. The van der Waals surface area contributed by atoms with Crippen molar-refractivity contribution in [3.8, 4) is 5.75 Å². The highest BCUT2D eigenvalue weighted by Gasteiger charge is 2.03. The molecule has 0 atom stereocenters. The summed E-state index contributed by atoms with van der Waals surface area (Å²) >= 11 is 5.40. The first-order valence-corrected chi connectivity index (χ1v) is 4.41. The standard InChI is InChI=1S/C9H11ClFNO/c1-6(2)5-13-7-3-8(11)9(10)12-4-7/h3-4,6H,5H2,1-2H3. The highest BCUT2D eigenvalue weighted by molar-refractivity contribution is 6.29. The van der Waals surface area contributed by atoms with Crippen LogP contribution in [-0.2, 0) is 0 Å². The van der Waals surface area contributed by atoms with Crippen LogP contribution < -0.4 is 4.74 Å². The molecular formula is C9H11ClFNO. The van der Waals surface area contributed by atoms with Gasteiger partial charge < -0.3 is 4.74 Å². The number of nitrogens with zero attached hydrogens (tertiary/aromatic N) is 1. The van der Waals surface area contributed by atoms with Gasteiger partial charge in [0.1, 0.15) is 5.75 Å². The first-order valence-electron chi connectivity index (χ1n) is 4.03. The first kappa shape index (κ1) is 10.3. The number of pyridine rings is 1. The molecule has 1 rings (SSSR count). The predicted octanol–water partition coefficient (Wildman–Crippen LogP) is 2.91. The van der Waals surface area contributed by atoms with Gasteiger partial charge in [0.05, 0.1) is 12.8 Å². The Morgan fingerprint density at radius 3 is 2.85 bits per heavy atom. The van der Waals surface area contributed by atoms with Crippen molar-refractivity contribution in [1.29, 1.82) is 0 Å². The van der Waals surface area contributed by atoms with Crippen molar-refractivity contribution in [2.24, 2.45) is 5.92 Å². The normalized spacial score (nSPS) is 10.5. The van der Waals surface area contributed by atoms with Gasteiger partial charge in [0.15, 0.2) is 11.0 Å². The third-order valence-corrected chi connectivity index (χ3v) is 1.63. The molecule has 72 valence electrons. The molecule has 1 heterocycles. The van der Waals surface area contributed by atoms with Gasteiger partial charge in [0.25, 0.3) is 0 Å². The lowest BCUT2D eigenvalue weighted by Gasteiger charge is -2.07. The van der Waals surface area contributed by atoms with E-state index in [0.717, 1.165) is 0 Å². The second-order valence-electron chi connectivity index (χ2n) is 3.15. The summed E-state index contributed by atoms with van der Waals surface area (Å²) in [6.45, 7) is 4.57. The summed E-state index contributed by atoms with van der Waals surface area (Å²) in [4.78, 5) is 3.62. The molecule has 0 saturated carbocycles. The topological polar surface area (TPSA) is 22.1 Å². The molecule has 0 amide bonds. The Hall–Kier alpha value is -0.830. The van der Waals surface area contributed by atoms with Gasteiger partial charge in [0.2, 0.25) is 0 Å². The minimum absolute atomic E-state index is 0.128. The molecule has 0 saturated heterocycles. The quantitative estimate of drug-likeness (QED) is 0.705. The van der Waals surface area contributed by atoms with E-state index >= 15 is 0 Å². The Morgan fingerprint density at radius 2 is 2.31 bits per heavy atom. The molecule has 0 aliphatic heterocycles. The maximum Gasteiger partial charge on any atom is 0.164 e. The molecule has 0 bridgehead atoms. The highest BCUT2D eigenvalue weighted by Crippen LogP contribution is 2.17. The van der Waals surface area contributed by atoms with Gasteiger partial charge in [-0.15, -0.1) is 0 Å². The molecular weight excluding hydrogens is 193 g/mol. The maximum absolute atomic E-state index is 12.8. The molecule has 0 spiro atoms. The Balaban J connectivity index is 2.63. The highest BCUT2D eigenvalue weighted by atomic mass is 35.5. The Kier molecular flexibility index (Phi) is 3.48. The molecule has 0 fully saturated rings. The summed E-state index contributed by atoms with van der Waals surface area (Å²) in [5.41, 5.74) is 0. The molecule has 0 aromatic carbocycles. The molecule has 2 nitrogen and oxygen atoms in total. The van der Waals surface area contributed by atoms with E-state index in [1.165, 1.54) is 12.3 Å². The van der Waals surface area contributed by atoms with Crippen molar-refractivity contribution in [3.63, 3.8) is 0 Å². The molecule has 0 aliphatic carbocycles. The SMILES string of the molecule is CC(C)COc1cnc(Cl)c(F)c1. The zero-order chi connectivity index (χ0) is 9.84. The van der Waals surface area contributed by atoms with Crippen molar-refractivity contribution < 1.29 is 9.13 Å². The van der Waals surface area contributed by atoms with Crippen LogP contribution >= 0.6 is 11.6 Å². The van der Waals surface area contributed by atoms with Crippen LogP contribution in [-0.4, -0.2) is 11.6 Å². The smallest absolute Gasteiger partial charge is 0.164 e. The van der Waals surface area contributed by atoms with Crippen LogP contribution in [0.15, 0.2) is 12.3 Å². The second kappa shape index (κ2) is 4.42.